The minimum absolute atomic E-state index is 0.0990. The third kappa shape index (κ3) is 5.98. The van der Waals surface area contributed by atoms with Crippen molar-refractivity contribution in [3.8, 4) is 22.6 Å². The smallest absolute Gasteiger partial charge is 0.410 e. The highest BCUT2D eigenvalue weighted by Crippen LogP contribution is 2.45. The number of benzene rings is 1. The maximum absolute atomic E-state index is 14.1. The molecule has 0 spiro atoms. The molecule has 3 heterocycles. The van der Waals surface area contributed by atoms with Crippen LogP contribution in [0.1, 0.15) is 27.2 Å². The Morgan fingerprint density at radius 3 is 2.30 bits per heavy atom. The monoisotopic (exact) mass is 612 g/mol. The van der Waals surface area contributed by atoms with Gasteiger partial charge < -0.3 is 19.1 Å². The second-order valence-electron chi connectivity index (χ2n) is 10.5. The van der Waals surface area contributed by atoms with Gasteiger partial charge in [0, 0.05) is 49.1 Å². The maximum atomic E-state index is 14.1. The number of likely N-dealkylation sites (tertiary alicyclic amines) is 1. The topological polar surface area (TPSA) is 130 Å². The van der Waals surface area contributed by atoms with Crippen molar-refractivity contribution >= 4 is 50.2 Å². The number of sulfone groups is 1. The number of aromatic nitrogens is 3. The lowest BCUT2D eigenvalue weighted by atomic mass is 10.0. The van der Waals surface area contributed by atoms with Gasteiger partial charge in [0.1, 0.15) is 22.7 Å². The third-order valence-corrected chi connectivity index (χ3v) is 7.97. The normalized spacial score (nSPS) is 15.9. The van der Waals surface area contributed by atoms with E-state index in [-0.39, 0.29) is 50.8 Å². The molecule has 1 amide bonds. The number of ether oxygens (including phenoxy) is 3. The van der Waals surface area contributed by atoms with E-state index < -0.39 is 32.2 Å². The van der Waals surface area contributed by atoms with E-state index in [1.165, 1.54) is 37.1 Å². The van der Waals surface area contributed by atoms with Crippen molar-refractivity contribution in [1.29, 1.82) is 0 Å². The van der Waals surface area contributed by atoms with Gasteiger partial charge in [0.2, 0.25) is 15.0 Å². The van der Waals surface area contributed by atoms with E-state index >= 15 is 0 Å². The molecule has 1 aromatic carbocycles. The number of rotatable bonds is 6. The Hall–Kier alpha value is -3.09. The molecule has 1 atom stereocenters. The second-order valence-corrected chi connectivity index (χ2v) is 13.2. The van der Waals surface area contributed by atoms with Crippen LogP contribution in [0.5, 0.6) is 11.5 Å². The minimum atomic E-state index is -3.76. The lowest BCUT2D eigenvalue weighted by Gasteiger charge is -2.24. The Morgan fingerprint density at radius 2 is 1.75 bits per heavy atom. The fourth-order valence-corrected chi connectivity index (χ4v) is 5.73. The summed E-state index contributed by atoms with van der Waals surface area (Å²) in [7, 11) is -0.915. The summed E-state index contributed by atoms with van der Waals surface area (Å²) in [4.78, 5) is 36.5. The van der Waals surface area contributed by atoms with Gasteiger partial charge in [0.15, 0.2) is 0 Å². The molecule has 4 rings (SSSR count). The Balaban J connectivity index is 1.88. The summed E-state index contributed by atoms with van der Waals surface area (Å²) in [5, 5.41) is 0.170. The molecule has 0 aliphatic carbocycles. The molecule has 11 nitrogen and oxygen atoms in total. The highest BCUT2D eigenvalue weighted by atomic mass is 35.5. The highest BCUT2D eigenvalue weighted by Gasteiger charge is 2.31. The number of pyridine rings is 1. The summed E-state index contributed by atoms with van der Waals surface area (Å²) in [6.45, 7) is 6.29. The molecule has 1 aliphatic rings. The number of nitrogens with zero attached hydrogens (tertiary/aromatic N) is 4. The summed E-state index contributed by atoms with van der Waals surface area (Å²) < 4.78 is 42.1. The van der Waals surface area contributed by atoms with Gasteiger partial charge in [-0.2, -0.15) is 4.98 Å². The number of amides is 1. The van der Waals surface area contributed by atoms with Gasteiger partial charge >= 0.3 is 6.09 Å². The van der Waals surface area contributed by atoms with Crippen LogP contribution < -0.4 is 15.0 Å². The Kier molecular flexibility index (Phi) is 8.26. The molecule has 3 aromatic rings. The second kappa shape index (κ2) is 11.1. The average Bonchev–Trinajstić information content (AvgIpc) is 3.34. The Labute approximate surface area is 241 Å². The van der Waals surface area contributed by atoms with Gasteiger partial charge in [-0.15, -0.1) is 0 Å². The van der Waals surface area contributed by atoms with Crippen LogP contribution >= 0.6 is 23.2 Å². The van der Waals surface area contributed by atoms with Crippen LogP contribution in [0.4, 0.5) is 4.79 Å². The number of halogens is 2. The summed E-state index contributed by atoms with van der Waals surface area (Å²) in [5.41, 5.74) is -0.722. The summed E-state index contributed by atoms with van der Waals surface area (Å²) >= 11 is 13.3. The number of hydrogen-bond donors (Lipinski definition) is 0. The lowest BCUT2D eigenvalue weighted by Crippen LogP contribution is -2.36. The predicted molar refractivity (Wildman–Crippen MR) is 151 cm³/mol. The molecular weight excluding hydrogens is 583 g/mol. The number of carbonyl (C=O) groups is 1. The molecule has 0 saturated carbocycles. The molecule has 2 aromatic heterocycles. The van der Waals surface area contributed by atoms with E-state index in [9.17, 15) is 18.0 Å². The van der Waals surface area contributed by atoms with Crippen molar-refractivity contribution in [2.45, 2.75) is 44.5 Å². The molecule has 14 heteroatoms. The molecule has 1 unspecified atom stereocenters. The van der Waals surface area contributed by atoms with E-state index in [0.29, 0.717) is 24.9 Å². The predicted octanol–water partition coefficient (Wildman–Crippen LogP) is 4.44. The minimum Gasteiger partial charge on any atom is -0.495 e. The van der Waals surface area contributed by atoms with Crippen molar-refractivity contribution in [3.63, 3.8) is 0 Å². The summed E-state index contributed by atoms with van der Waals surface area (Å²) in [5.74, 6) is 0.346. The van der Waals surface area contributed by atoms with Crippen LogP contribution in [-0.4, -0.2) is 73.1 Å². The first kappa shape index (κ1) is 29.9. The molecule has 1 saturated heterocycles. The lowest BCUT2D eigenvalue weighted by molar-refractivity contribution is 0.0287. The fourth-order valence-electron chi connectivity index (χ4n) is 4.52. The number of methoxy groups -OCH3 is 2. The van der Waals surface area contributed by atoms with E-state index in [4.69, 9.17) is 37.4 Å². The molecular formula is C26H30Cl2N4O7S. The zero-order chi connectivity index (χ0) is 29.6. The molecule has 1 fully saturated rings. The van der Waals surface area contributed by atoms with Crippen LogP contribution in [0, 0.1) is 5.92 Å². The van der Waals surface area contributed by atoms with Crippen molar-refractivity contribution in [2.24, 2.45) is 5.92 Å². The van der Waals surface area contributed by atoms with Gasteiger partial charge in [-0.1, -0.05) is 23.2 Å². The van der Waals surface area contributed by atoms with Crippen molar-refractivity contribution in [1.82, 2.24) is 19.4 Å². The first-order valence-corrected chi connectivity index (χ1v) is 15.0. The number of carbonyl (C=O) groups excluding carboxylic acids is 1. The third-order valence-electron chi connectivity index (χ3n) is 6.36. The largest absolute Gasteiger partial charge is 0.495 e. The molecule has 0 N–H and O–H groups in total. The van der Waals surface area contributed by atoms with Crippen LogP contribution in [0.15, 0.2) is 28.3 Å². The van der Waals surface area contributed by atoms with Crippen LogP contribution in [0.25, 0.3) is 22.2 Å². The van der Waals surface area contributed by atoms with Crippen molar-refractivity contribution in [2.75, 3.05) is 33.6 Å². The van der Waals surface area contributed by atoms with Crippen LogP contribution in [0.3, 0.4) is 0 Å². The van der Waals surface area contributed by atoms with Crippen LogP contribution in [-0.2, 0) is 21.1 Å². The highest BCUT2D eigenvalue weighted by molar-refractivity contribution is 7.90. The first-order chi connectivity index (χ1) is 18.6. The summed E-state index contributed by atoms with van der Waals surface area (Å²) in [6.07, 6.45) is 2.47. The maximum Gasteiger partial charge on any atom is 0.410 e. The van der Waals surface area contributed by atoms with Gasteiger partial charge in [0.25, 0.3) is 5.56 Å². The first-order valence-electron chi connectivity index (χ1n) is 12.3. The molecule has 0 bridgehead atoms. The van der Waals surface area contributed by atoms with E-state index in [1.54, 1.807) is 25.7 Å². The van der Waals surface area contributed by atoms with Gasteiger partial charge in [-0.3, -0.25) is 9.36 Å². The van der Waals surface area contributed by atoms with Gasteiger partial charge in [-0.25, -0.2) is 18.2 Å². The quantitative estimate of drug-likeness (QED) is 0.371. The Bertz CT molecular complexity index is 1620. The van der Waals surface area contributed by atoms with E-state index in [0.717, 1.165) is 6.26 Å². The number of fused-ring (bicyclic) bond motifs is 1. The SMILES string of the molecule is COc1cc(OC)c(Cl)c(-c2cc3cnc(S(C)(=O)=O)nc3n(CC3CCN(C(=O)OC(C)(C)C)C3)c2=O)c1Cl. The standard InChI is InChI=1S/C26H30Cl2N4O7S/c1-26(2,3)39-25(34)31-8-7-14(12-31)13-32-22-15(11-29-24(30-22)40(6,35)36)9-16(23(32)33)19-20(27)17(37-4)10-18(38-5)21(19)28/h9-11,14H,7-8,12-13H2,1-6H3. The molecule has 216 valence electrons. The van der Waals surface area contributed by atoms with Gasteiger partial charge in [0.05, 0.1) is 29.8 Å². The van der Waals surface area contributed by atoms with E-state index in [2.05, 4.69) is 9.97 Å². The summed E-state index contributed by atoms with van der Waals surface area (Å²) in [6, 6.07) is 3.02. The fraction of sp³-hybridized carbons (Fsp3) is 0.462. The van der Waals surface area contributed by atoms with E-state index in [1.807, 2.05) is 0 Å². The average molecular weight is 614 g/mol. The van der Waals surface area contributed by atoms with Crippen molar-refractivity contribution < 1.29 is 27.4 Å². The van der Waals surface area contributed by atoms with Crippen molar-refractivity contribution in [3.05, 3.63) is 38.7 Å². The molecule has 40 heavy (non-hydrogen) atoms. The zero-order valence-electron chi connectivity index (χ0n) is 22.9. The van der Waals surface area contributed by atoms with Gasteiger partial charge in [-0.05, 0) is 39.2 Å². The van der Waals surface area contributed by atoms with Crippen LogP contribution in [0.2, 0.25) is 10.0 Å². The Morgan fingerprint density at radius 1 is 1.12 bits per heavy atom. The molecule has 0 radical (unpaired) electrons. The molecule has 1 aliphatic heterocycles. The zero-order valence-corrected chi connectivity index (χ0v) is 25.3. The number of hydrogen-bond acceptors (Lipinski definition) is 9.